The Bertz CT molecular complexity index is 1360. The summed E-state index contributed by atoms with van der Waals surface area (Å²) in [7, 11) is 0. The van der Waals surface area contributed by atoms with E-state index in [-0.39, 0.29) is 30.3 Å². The molecule has 0 spiro atoms. The maximum Gasteiger partial charge on any atom is 0.287 e. The summed E-state index contributed by atoms with van der Waals surface area (Å²) in [6.07, 6.45) is 0.907. The van der Waals surface area contributed by atoms with Crippen molar-refractivity contribution >= 4 is 34.2 Å². The van der Waals surface area contributed by atoms with Crippen LogP contribution in [0.1, 0.15) is 52.8 Å². The van der Waals surface area contributed by atoms with Crippen molar-refractivity contribution in [3.63, 3.8) is 0 Å². The first kappa shape index (κ1) is 25.8. The predicted molar refractivity (Wildman–Crippen MR) is 144 cm³/mol. The van der Waals surface area contributed by atoms with E-state index in [9.17, 15) is 9.59 Å². The number of amides is 2. The summed E-state index contributed by atoms with van der Waals surface area (Å²) < 4.78 is 17.2. The van der Waals surface area contributed by atoms with Crippen molar-refractivity contribution < 1.29 is 23.5 Å². The highest BCUT2D eigenvalue weighted by Gasteiger charge is 2.14. The molecule has 8 nitrogen and oxygen atoms in total. The van der Waals surface area contributed by atoms with Gasteiger partial charge in [-0.1, -0.05) is 31.2 Å². The fraction of sp³-hybridized carbons (Fsp3) is 0.241. The van der Waals surface area contributed by atoms with Gasteiger partial charge < -0.3 is 30.3 Å². The summed E-state index contributed by atoms with van der Waals surface area (Å²) >= 11 is 0. The Kier molecular flexibility index (Phi) is 8.43. The van der Waals surface area contributed by atoms with Gasteiger partial charge in [0.15, 0.2) is 5.76 Å². The van der Waals surface area contributed by atoms with Crippen LogP contribution in [0.4, 0.5) is 11.4 Å². The molecule has 0 fully saturated rings. The van der Waals surface area contributed by atoms with E-state index >= 15 is 0 Å². The first-order chi connectivity index (χ1) is 17.9. The molecule has 0 aliphatic heterocycles. The first-order valence-corrected chi connectivity index (χ1v) is 12.3. The van der Waals surface area contributed by atoms with Gasteiger partial charge in [-0.15, -0.1) is 0 Å². The zero-order valence-corrected chi connectivity index (χ0v) is 21.0. The van der Waals surface area contributed by atoms with Gasteiger partial charge in [-0.25, -0.2) is 0 Å². The molecule has 0 radical (unpaired) electrons. The average Bonchev–Trinajstić information content (AvgIpc) is 3.35. The third kappa shape index (κ3) is 6.68. The molecule has 0 saturated heterocycles. The number of nitrogens with two attached hydrogens (primary N) is 1. The Morgan fingerprint density at radius 2 is 1.76 bits per heavy atom. The lowest BCUT2D eigenvalue weighted by Crippen LogP contribution is -2.27. The molecule has 0 saturated carbocycles. The van der Waals surface area contributed by atoms with Gasteiger partial charge in [-0.2, -0.15) is 0 Å². The van der Waals surface area contributed by atoms with Crippen LogP contribution < -0.4 is 21.1 Å². The highest BCUT2D eigenvalue weighted by molar-refractivity contribution is 6.05. The summed E-state index contributed by atoms with van der Waals surface area (Å²) in [4.78, 5) is 25.0. The summed E-state index contributed by atoms with van der Waals surface area (Å²) in [5, 5.41) is 6.44. The number of nitrogens with one attached hydrogen (secondary N) is 2. The van der Waals surface area contributed by atoms with Crippen LogP contribution in [0.2, 0.25) is 0 Å². The Balaban J connectivity index is 1.25. The number of ether oxygens (including phenoxy) is 2. The standard InChI is InChI=1S/C29H31N3O5/c1-3-15-35-19(2)21-8-9-22-18-27(37-26(22)17-21)29(34)31-14-16-36-23-12-10-20(11-13-23)28(33)32-25-7-5-4-6-24(25)30/h4-13,17-19H,3,14-16,30H2,1-2H3,(H,31,34)(H,32,33). The SMILES string of the molecule is CCCOC(C)c1ccc2cc(C(=O)NCCOc3ccc(C(=O)Nc4ccccc4N)cc3)oc2c1. The molecule has 3 aromatic carbocycles. The van der Waals surface area contributed by atoms with Gasteiger partial charge in [0, 0.05) is 17.6 Å². The zero-order chi connectivity index (χ0) is 26.2. The van der Waals surface area contributed by atoms with E-state index in [2.05, 4.69) is 17.6 Å². The molecular weight excluding hydrogens is 470 g/mol. The molecule has 1 heterocycles. The van der Waals surface area contributed by atoms with Crippen LogP contribution >= 0.6 is 0 Å². The predicted octanol–water partition coefficient (Wildman–Crippen LogP) is 5.56. The van der Waals surface area contributed by atoms with Gasteiger partial charge in [0.25, 0.3) is 11.8 Å². The maximum atomic E-state index is 12.5. The number of fused-ring (bicyclic) bond motifs is 1. The number of nitrogen functional groups attached to an aromatic ring is 1. The Morgan fingerprint density at radius 3 is 2.51 bits per heavy atom. The van der Waals surface area contributed by atoms with E-state index in [0.29, 0.717) is 41.4 Å². The number of carbonyl (C=O) groups excluding carboxylic acids is 2. The van der Waals surface area contributed by atoms with E-state index < -0.39 is 0 Å². The zero-order valence-electron chi connectivity index (χ0n) is 21.0. The number of para-hydroxylation sites is 2. The van der Waals surface area contributed by atoms with Crippen molar-refractivity contribution in [2.75, 3.05) is 30.8 Å². The number of rotatable bonds is 11. The van der Waals surface area contributed by atoms with Gasteiger partial charge in [-0.05, 0) is 67.4 Å². The molecule has 0 bridgehead atoms. The Labute approximate surface area is 215 Å². The Morgan fingerprint density at radius 1 is 0.973 bits per heavy atom. The van der Waals surface area contributed by atoms with Gasteiger partial charge >= 0.3 is 0 Å². The minimum Gasteiger partial charge on any atom is -0.492 e. The van der Waals surface area contributed by atoms with Gasteiger partial charge in [0.2, 0.25) is 0 Å². The van der Waals surface area contributed by atoms with Crippen LogP contribution in [0.5, 0.6) is 5.75 Å². The van der Waals surface area contributed by atoms with Crippen LogP contribution in [0.25, 0.3) is 11.0 Å². The lowest BCUT2D eigenvalue weighted by Gasteiger charge is -2.12. The fourth-order valence-electron chi connectivity index (χ4n) is 3.73. The number of carbonyl (C=O) groups is 2. The van der Waals surface area contributed by atoms with Crippen molar-refractivity contribution in [1.29, 1.82) is 0 Å². The molecule has 37 heavy (non-hydrogen) atoms. The number of hydrogen-bond acceptors (Lipinski definition) is 6. The second-order valence-electron chi connectivity index (χ2n) is 8.59. The molecule has 1 aromatic heterocycles. The molecule has 8 heteroatoms. The van der Waals surface area contributed by atoms with E-state index in [1.165, 1.54) is 0 Å². The monoisotopic (exact) mass is 501 g/mol. The first-order valence-electron chi connectivity index (χ1n) is 12.3. The van der Waals surface area contributed by atoms with E-state index in [4.69, 9.17) is 19.6 Å². The third-order valence-electron chi connectivity index (χ3n) is 5.79. The molecule has 2 amide bonds. The molecule has 192 valence electrons. The minimum absolute atomic E-state index is 0.0463. The molecule has 1 atom stereocenters. The smallest absolute Gasteiger partial charge is 0.287 e. The van der Waals surface area contributed by atoms with E-state index in [1.807, 2.05) is 25.1 Å². The van der Waals surface area contributed by atoms with E-state index in [1.54, 1.807) is 54.6 Å². The van der Waals surface area contributed by atoms with Gasteiger partial charge in [-0.3, -0.25) is 9.59 Å². The van der Waals surface area contributed by atoms with Crippen LogP contribution in [0, 0.1) is 0 Å². The van der Waals surface area contributed by atoms with Crippen LogP contribution in [0.15, 0.2) is 77.2 Å². The van der Waals surface area contributed by atoms with Crippen LogP contribution in [-0.4, -0.2) is 31.6 Å². The summed E-state index contributed by atoms with van der Waals surface area (Å²) in [6.45, 7) is 5.30. The molecule has 4 N–H and O–H groups in total. The van der Waals surface area contributed by atoms with Crippen LogP contribution in [-0.2, 0) is 4.74 Å². The highest BCUT2D eigenvalue weighted by atomic mass is 16.5. The topological polar surface area (TPSA) is 116 Å². The number of anilines is 2. The number of hydrogen-bond donors (Lipinski definition) is 3. The second-order valence-corrected chi connectivity index (χ2v) is 8.59. The van der Waals surface area contributed by atoms with Crippen molar-refractivity contribution in [3.8, 4) is 5.75 Å². The summed E-state index contributed by atoms with van der Waals surface area (Å²) in [5.41, 5.74) is 9.05. The second kappa shape index (κ2) is 12.1. The fourth-order valence-corrected chi connectivity index (χ4v) is 3.73. The van der Waals surface area contributed by atoms with Crippen molar-refractivity contribution in [1.82, 2.24) is 5.32 Å². The largest absolute Gasteiger partial charge is 0.492 e. The quantitative estimate of drug-likeness (QED) is 0.183. The molecule has 4 aromatic rings. The molecule has 0 aliphatic rings. The Hall–Kier alpha value is -4.30. The third-order valence-corrected chi connectivity index (χ3v) is 5.79. The highest BCUT2D eigenvalue weighted by Crippen LogP contribution is 2.25. The number of furan rings is 1. The van der Waals surface area contributed by atoms with Crippen LogP contribution in [0.3, 0.4) is 0 Å². The van der Waals surface area contributed by atoms with E-state index in [0.717, 1.165) is 17.4 Å². The minimum atomic E-state index is -0.316. The van der Waals surface area contributed by atoms with Crippen molar-refractivity contribution in [2.24, 2.45) is 0 Å². The van der Waals surface area contributed by atoms with Gasteiger partial charge in [0.1, 0.15) is 17.9 Å². The van der Waals surface area contributed by atoms with Gasteiger partial charge in [0.05, 0.1) is 24.0 Å². The molecule has 0 aliphatic carbocycles. The molecular formula is C29H31N3O5. The van der Waals surface area contributed by atoms with Crippen molar-refractivity contribution in [2.45, 2.75) is 26.4 Å². The molecule has 1 unspecified atom stereocenters. The summed E-state index contributed by atoms with van der Waals surface area (Å²) in [5.74, 6) is 0.242. The lowest BCUT2D eigenvalue weighted by molar-refractivity contribution is 0.0663. The number of benzene rings is 3. The molecule has 4 rings (SSSR count). The van der Waals surface area contributed by atoms with Crippen molar-refractivity contribution in [3.05, 3.63) is 89.7 Å². The normalized spacial score (nSPS) is 11.7. The lowest BCUT2D eigenvalue weighted by atomic mass is 10.1. The average molecular weight is 502 g/mol. The summed E-state index contributed by atoms with van der Waals surface area (Å²) in [6, 6.07) is 21.4. The maximum absolute atomic E-state index is 12.5.